The van der Waals surface area contributed by atoms with Crippen molar-refractivity contribution in [1.82, 2.24) is 0 Å². The third kappa shape index (κ3) is 1.80. The first-order chi connectivity index (χ1) is 8.02. The van der Waals surface area contributed by atoms with Crippen molar-refractivity contribution >= 4 is 19.3 Å². The Hall–Kier alpha value is -0.820. The molecule has 2 heterocycles. The van der Waals surface area contributed by atoms with E-state index in [-0.39, 0.29) is 0 Å². The summed E-state index contributed by atoms with van der Waals surface area (Å²) in [6.07, 6.45) is 12.7. The summed E-state index contributed by atoms with van der Waals surface area (Å²) in [5, 5.41) is 1.74. The summed E-state index contributed by atoms with van der Waals surface area (Å²) in [7, 11) is -7.65. The molecule has 1 saturated heterocycles. The molecule has 2 aliphatic heterocycles. The highest BCUT2D eigenvalue weighted by Gasteiger charge is 2.64. The molecule has 2 aliphatic rings. The van der Waals surface area contributed by atoms with E-state index in [1.54, 1.807) is 24.0 Å². The average Bonchev–Trinajstić information content (AvgIpc) is 2.21. The summed E-state index contributed by atoms with van der Waals surface area (Å²) >= 11 is 0. The number of rotatable bonds is 0. The predicted molar refractivity (Wildman–Crippen MR) is 76.3 cm³/mol. The number of hydrogen-bond donors (Lipinski definition) is 0. The molecule has 4 nitrogen and oxygen atoms in total. The topological polar surface area (TPSA) is 52.6 Å². The quantitative estimate of drug-likeness (QED) is 0.687. The fraction of sp³-hybridized carbons (Fsp3) is 0.333. The lowest BCUT2D eigenvalue weighted by atomic mass is 10.2. The molecule has 0 aromatic carbocycles. The minimum Gasteiger partial charge on any atom is -0.230 e. The standard InChI is InChI=1S/C12H18O4S2/c1-11-9-7-5-6-8-10-18(3,4,12(11)2)15-17(13,14)16-18/h5-10H,1-4H3/b6-5-,9-7-,10-8-,12-11-. The monoisotopic (exact) mass is 290 g/mol. The maximum atomic E-state index is 11.4. The lowest BCUT2D eigenvalue weighted by molar-refractivity contribution is 0.326. The Morgan fingerprint density at radius 3 is 2.11 bits per heavy atom. The second-order valence-corrected chi connectivity index (χ2v) is 13.1. The third-order valence-corrected chi connectivity index (χ3v) is 12.0. The molecule has 0 saturated carbocycles. The van der Waals surface area contributed by atoms with E-state index in [9.17, 15) is 8.42 Å². The van der Waals surface area contributed by atoms with Gasteiger partial charge < -0.3 is 0 Å². The van der Waals surface area contributed by atoms with Gasteiger partial charge in [0.1, 0.15) is 0 Å². The van der Waals surface area contributed by atoms with Crippen LogP contribution in [-0.4, -0.2) is 20.9 Å². The fourth-order valence-corrected chi connectivity index (χ4v) is 9.98. The Morgan fingerprint density at radius 1 is 1.00 bits per heavy atom. The van der Waals surface area contributed by atoms with Gasteiger partial charge in [0, 0.05) is 17.4 Å². The zero-order valence-corrected chi connectivity index (χ0v) is 12.5. The van der Waals surface area contributed by atoms with E-state index in [0.29, 0.717) is 0 Å². The van der Waals surface area contributed by atoms with Crippen molar-refractivity contribution in [2.75, 3.05) is 12.5 Å². The van der Waals surface area contributed by atoms with E-state index in [1.807, 2.05) is 38.2 Å². The lowest BCUT2D eigenvalue weighted by Gasteiger charge is -2.80. The largest absolute Gasteiger partial charge is 0.433 e. The summed E-state index contributed by atoms with van der Waals surface area (Å²) in [4.78, 5) is 0.807. The molecule has 0 aromatic rings. The van der Waals surface area contributed by atoms with Gasteiger partial charge in [-0.1, -0.05) is 24.3 Å². The van der Waals surface area contributed by atoms with Crippen LogP contribution in [0.3, 0.4) is 0 Å². The van der Waals surface area contributed by atoms with Gasteiger partial charge in [-0.2, -0.15) is 15.7 Å². The first-order valence-electron chi connectivity index (χ1n) is 5.46. The van der Waals surface area contributed by atoms with Crippen LogP contribution in [0.2, 0.25) is 0 Å². The van der Waals surface area contributed by atoms with Gasteiger partial charge in [0.15, 0.2) is 0 Å². The molecule has 0 N–H and O–H groups in total. The zero-order chi connectivity index (χ0) is 13.7. The molecule has 0 atom stereocenters. The molecule has 0 aromatic heterocycles. The van der Waals surface area contributed by atoms with Crippen molar-refractivity contribution in [3.8, 4) is 0 Å². The summed E-state index contributed by atoms with van der Waals surface area (Å²) in [6.45, 7) is 3.77. The van der Waals surface area contributed by atoms with E-state index < -0.39 is 19.3 Å². The smallest absolute Gasteiger partial charge is 0.230 e. The summed E-state index contributed by atoms with van der Waals surface area (Å²) in [6, 6.07) is 0. The minimum atomic E-state index is -3.88. The highest BCUT2D eigenvalue weighted by atomic mass is 32.5. The Kier molecular flexibility index (Phi) is 2.41. The van der Waals surface area contributed by atoms with E-state index >= 15 is 0 Å². The predicted octanol–water partition coefficient (Wildman–Crippen LogP) is 3.18. The van der Waals surface area contributed by atoms with Crippen LogP contribution in [0.25, 0.3) is 0 Å². The van der Waals surface area contributed by atoms with Crippen molar-refractivity contribution in [2.45, 2.75) is 13.8 Å². The Labute approximate surface area is 108 Å². The van der Waals surface area contributed by atoms with Gasteiger partial charge in [-0.15, -0.1) is 0 Å². The molecule has 18 heavy (non-hydrogen) atoms. The van der Waals surface area contributed by atoms with Crippen LogP contribution in [0.5, 0.6) is 0 Å². The highest BCUT2D eigenvalue weighted by Crippen LogP contribution is 2.98. The lowest BCUT2D eigenvalue weighted by Crippen LogP contribution is -2.50. The molecule has 0 radical (unpaired) electrons. The van der Waals surface area contributed by atoms with Gasteiger partial charge in [-0.05, 0) is 30.9 Å². The second kappa shape index (κ2) is 3.19. The van der Waals surface area contributed by atoms with E-state index in [4.69, 9.17) is 7.26 Å². The molecule has 1 spiro atoms. The van der Waals surface area contributed by atoms with Gasteiger partial charge in [-0.25, -0.2) is 8.86 Å². The van der Waals surface area contributed by atoms with Crippen LogP contribution in [0.15, 0.2) is 46.3 Å². The number of hydrogen-bond acceptors (Lipinski definition) is 4. The van der Waals surface area contributed by atoms with Crippen LogP contribution in [0, 0.1) is 0 Å². The Balaban J connectivity index is 2.78. The molecule has 0 bridgehead atoms. The van der Waals surface area contributed by atoms with E-state index in [1.165, 1.54) is 0 Å². The zero-order valence-electron chi connectivity index (χ0n) is 10.9. The van der Waals surface area contributed by atoms with Crippen molar-refractivity contribution in [1.29, 1.82) is 0 Å². The summed E-state index contributed by atoms with van der Waals surface area (Å²) in [5.74, 6) is 0. The maximum absolute atomic E-state index is 11.4. The molecule has 0 aliphatic carbocycles. The van der Waals surface area contributed by atoms with Gasteiger partial charge in [-0.3, -0.25) is 0 Å². The van der Waals surface area contributed by atoms with Crippen LogP contribution >= 0.6 is 8.86 Å². The molecular weight excluding hydrogens is 272 g/mol. The van der Waals surface area contributed by atoms with Crippen LogP contribution < -0.4 is 0 Å². The second-order valence-electron chi connectivity index (χ2n) is 5.36. The van der Waals surface area contributed by atoms with Crippen LogP contribution in [0.4, 0.5) is 0 Å². The molecule has 0 unspecified atom stereocenters. The Bertz CT molecular complexity index is 630. The summed E-state index contributed by atoms with van der Waals surface area (Å²) in [5.41, 5.74) is 0.938. The SMILES string of the molecule is CC1=C(/C)S2(C)(C)(\C=C/C=C\C=C/1)OS(=O)(=O)O2. The fourth-order valence-electron chi connectivity index (χ4n) is 2.13. The average molecular weight is 290 g/mol. The van der Waals surface area contributed by atoms with Crippen molar-refractivity contribution in [3.05, 3.63) is 46.3 Å². The highest BCUT2D eigenvalue weighted by molar-refractivity contribution is 8.67. The van der Waals surface area contributed by atoms with Crippen molar-refractivity contribution < 1.29 is 15.7 Å². The molecule has 1 fully saturated rings. The molecule has 2 rings (SSSR count). The van der Waals surface area contributed by atoms with E-state index in [2.05, 4.69) is 0 Å². The maximum Gasteiger partial charge on any atom is 0.433 e. The van der Waals surface area contributed by atoms with Crippen LogP contribution in [-0.2, 0) is 17.7 Å². The molecule has 6 heteroatoms. The minimum absolute atomic E-state index is 0.807. The van der Waals surface area contributed by atoms with Crippen LogP contribution in [0.1, 0.15) is 13.8 Å². The molecular formula is C12H18O4S2. The van der Waals surface area contributed by atoms with E-state index in [0.717, 1.165) is 10.5 Å². The van der Waals surface area contributed by atoms with Gasteiger partial charge in [0.2, 0.25) is 0 Å². The van der Waals surface area contributed by atoms with Crippen molar-refractivity contribution in [2.24, 2.45) is 0 Å². The molecule has 102 valence electrons. The van der Waals surface area contributed by atoms with Gasteiger partial charge >= 0.3 is 10.4 Å². The summed E-state index contributed by atoms with van der Waals surface area (Å²) < 4.78 is 33.5. The van der Waals surface area contributed by atoms with Gasteiger partial charge in [0.05, 0.1) is 0 Å². The Morgan fingerprint density at radius 2 is 1.56 bits per heavy atom. The number of allylic oxidation sites excluding steroid dienone is 7. The normalized spacial score (nSPS) is 43.6. The third-order valence-electron chi connectivity index (χ3n) is 3.44. The molecule has 0 amide bonds. The van der Waals surface area contributed by atoms with Crippen molar-refractivity contribution in [3.63, 3.8) is 0 Å². The van der Waals surface area contributed by atoms with Gasteiger partial charge in [0.25, 0.3) is 0 Å². The first-order valence-corrected chi connectivity index (χ1v) is 9.97. The first kappa shape index (κ1) is 13.6.